The second kappa shape index (κ2) is 14.4. The zero-order chi connectivity index (χ0) is 31.1. The third-order valence-electron chi connectivity index (χ3n) is 6.84. The number of alkyl carbamates (subject to hydrolysis) is 1. The molecule has 41 heavy (non-hydrogen) atoms. The van der Waals surface area contributed by atoms with Gasteiger partial charge in [-0.05, 0) is 97.6 Å². The third-order valence-corrected chi connectivity index (χ3v) is 6.84. The van der Waals surface area contributed by atoms with E-state index in [0.717, 1.165) is 6.42 Å². The summed E-state index contributed by atoms with van der Waals surface area (Å²) in [7, 11) is 0. The normalized spacial score (nSPS) is 23.0. The SMILES string of the molecule is CC(C)C[C@H](NC(=O)OC(C)(C)C)C(=O)N[C@@H](CC1CC=NC2CC12)C(O)NC(CCC(N)=O)C(=O)OC(C)(C)C. The number of aliphatic hydroxyl groups excluding tert-OH is 1. The predicted octanol–water partition coefficient (Wildman–Crippen LogP) is 2.16. The number of amides is 3. The molecule has 7 atom stereocenters. The summed E-state index contributed by atoms with van der Waals surface area (Å²) in [6.07, 6.45) is 2.17. The zero-order valence-corrected chi connectivity index (χ0v) is 25.9. The van der Waals surface area contributed by atoms with Crippen LogP contribution in [0, 0.1) is 17.8 Å². The lowest BCUT2D eigenvalue weighted by Crippen LogP contribution is -2.59. The summed E-state index contributed by atoms with van der Waals surface area (Å²) in [6.45, 7) is 14.2. The van der Waals surface area contributed by atoms with Crippen LogP contribution in [0.1, 0.15) is 93.9 Å². The molecule has 0 spiro atoms. The van der Waals surface area contributed by atoms with Crippen molar-refractivity contribution in [3.63, 3.8) is 0 Å². The van der Waals surface area contributed by atoms with Crippen LogP contribution in [0.15, 0.2) is 4.99 Å². The first-order valence-corrected chi connectivity index (χ1v) is 14.6. The van der Waals surface area contributed by atoms with E-state index in [1.54, 1.807) is 41.5 Å². The molecule has 1 fully saturated rings. The molecule has 6 N–H and O–H groups in total. The van der Waals surface area contributed by atoms with Crippen molar-refractivity contribution < 1.29 is 33.8 Å². The quantitative estimate of drug-likeness (QED) is 0.153. The molecule has 0 radical (unpaired) electrons. The molecule has 1 aliphatic heterocycles. The molecule has 0 aromatic rings. The summed E-state index contributed by atoms with van der Waals surface area (Å²) >= 11 is 0. The van der Waals surface area contributed by atoms with Crippen molar-refractivity contribution in [2.75, 3.05) is 0 Å². The van der Waals surface area contributed by atoms with Crippen molar-refractivity contribution in [2.24, 2.45) is 28.5 Å². The van der Waals surface area contributed by atoms with Crippen LogP contribution in [0.5, 0.6) is 0 Å². The number of rotatable bonds is 14. The van der Waals surface area contributed by atoms with E-state index in [4.69, 9.17) is 15.2 Å². The van der Waals surface area contributed by atoms with Crippen LogP contribution >= 0.6 is 0 Å². The maximum atomic E-state index is 13.6. The van der Waals surface area contributed by atoms with Gasteiger partial charge < -0.3 is 30.9 Å². The first-order chi connectivity index (χ1) is 18.8. The average Bonchev–Trinajstić information content (AvgIpc) is 3.58. The lowest BCUT2D eigenvalue weighted by atomic mass is 9.89. The highest BCUT2D eigenvalue weighted by atomic mass is 16.6. The lowest BCUT2D eigenvalue weighted by molar-refractivity contribution is -0.159. The monoisotopic (exact) mass is 581 g/mol. The Bertz CT molecular complexity index is 956. The highest BCUT2D eigenvalue weighted by molar-refractivity contribution is 5.86. The molecule has 12 nitrogen and oxygen atoms in total. The maximum Gasteiger partial charge on any atom is 0.408 e. The Morgan fingerprint density at radius 3 is 2.22 bits per heavy atom. The number of hydrogen-bond donors (Lipinski definition) is 5. The fraction of sp³-hybridized carbons (Fsp3) is 0.828. The Kier molecular flexibility index (Phi) is 12.1. The molecule has 0 aromatic carbocycles. The van der Waals surface area contributed by atoms with Gasteiger partial charge in [-0.2, -0.15) is 0 Å². The largest absolute Gasteiger partial charge is 0.459 e. The van der Waals surface area contributed by atoms with Crippen LogP contribution < -0.4 is 21.7 Å². The van der Waals surface area contributed by atoms with Gasteiger partial charge in [0.1, 0.15) is 29.5 Å². The van der Waals surface area contributed by atoms with Gasteiger partial charge in [-0.1, -0.05) is 13.8 Å². The average molecular weight is 582 g/mol. The lowest BCUT2D eigenvalue weighted by Gasteiger charge is -2.33. The minimum Gasteiger partial charge on any atom is -0.459 e. The van der Waals surface area contributed by atoms with Gasteiger partial charge >= 0.3 is 12.1 Å². The summed E-state index contributed by atoms with van der Waals surface area (Å²) < 4.78 is 10.9. The number of carbonyl (C=O) groups excluding carboxylic acids is 4. The Balaban J connectivity index is 2.25. The number of nitrogens with two attached hydrogens (primary N) is 1. The molecule has 1 aliphatic carbocycles. The van der Waals surface area contributed by atoms with Crippen molar-refractivity contribution in [2.45, 2.75) is 136 Å². The van der Waals surface area contributed by atoms with Crippen LogP contribution in [0.25, 0.3) is 0 Å². The Morgan fingerprint density at radius 2 is 1.66 bits per heavy atom. The summed E-state index contributed by atoms with van der Waals surface area (Å²) in [5.74, 6) is -1.08. The number of nitrogens with zero attached hydrogens (tertiary/aromatic N) is 1. The molecule has 2 aliphatic rings. The predicted molar refractivity (Wildman–Crippen MR) is 155 cm³/mol. The van der Waals surface area contributed by atoms with E-state index in [1.165, 1.54) is 0 Å². The van der Waals surface area contributed by atoms with Gasteiger partial charge in [0.15, 0.2) is 0 Å². The fourth-order valence-corrected chi connectivity index (χ4v) is 4.94. The maximum absolute atomic E-state index is 13.6. The van der Waals surface area contributed by atoms with Gasteiger partial charge in [-0.25, -0.2) is 4.79 Å². The molecule has 1 saturated carbocycles. The highest BCUT2D eigenvalue weighted by Crippen LogP contribution is 2.46. The van der Waals surface area contributed by atoms with Crippen LogP contribution in [0.4, 0.5) is 4.79 Å². The number of esters is 1. The highest BCUT2D eigenvalue weighted by Gasteiger charge is 2.46. The number of carbonyl (C=O) groups is 4. The van der Waals surface area contributed by atoms with Crippen molar-refractivity contribution >= 4 is 30.1 Å². The van der Waals surface area contributed by atoms with Gasteiger partial charge in [0.05, 0.1) is 12.1 Å². The van der Waals surface area contributed by atoms with Crippen molar-refractivity contribution in [1.29, 1.82) is 0 Å². The van der Waals surface area contributed by atoms with E-state index < -0.39 is 59.4 Å². The van der Waals surface area contributed by atoms with Crippen molar-refractivity contribution in [1.82, 2.24) is 16.0 Å². The molecule has 12 heteroatoms. The Labute approximate surface area is 243 Å². The topological polar surface area (TPSA) is 181 Å². The molecule has 0 saturated heterocycles. The molecule has 0 aromatic heterocycles. The van der Waals surface area contributed by atoms with Crippen molar-refractivity contribution in [3.05, 3.63) is 0 Å². The van der Waals surface area contributed by atoms with Crippen LogP contribution in [0.2, 0.25) is 0 Å². The van der Waals surface area contributed by atoms with Crippen LogP contribution in [-0.2, 0) is 23.9 Å². The van der Waals surface area contributed by atoms with E-state index in [2.05, 4.69) is 20.9 Å². The van der Waals surface area contributed by atoms with E-state index in [1.807, 2.05) is 20.1 Å². The van der Waals surface area contributed by atoms with Gasteiger partial charge in [-0.3, -0.25) is 24.7 Å². The Hall–Kier alpha value is -2.73. The first kappa shape index (κ1) is 34.5. The molecular weight excluding hydrogens is 530 g/mol. The van der Waals surface area contributed by atoms with Gasteiger partial charge in [0.25, 0.3) is 0 Å². The van der Waals surface area contributed by atoms with Crippen LogP contribution in [-0.4, -0.2) is 76.8 Å². The molecule has 1 heterocycles. The number of fused-ring (bicyclic) bond motifs is 1. The second-order valence-corrected chi connectivity index (χ2v) is 13.7. The summed E-state index contributed by atoms with van der Waals surface area (Å²) in [6, 6.07) is -2.49. The van der Waals surface area contributed by atoms with E-state index in [9.17, 15) is 24.3 Å². The smallest absolute Gasteiger partial charge is 0.408 e. The molecule has 0 bridgehead atoms. The number of ether oxygens (including phenoxy) is 2. The van der Waals surface area contributed by atoms with Gasteiger partial charge in [-0.15, -0.1) is 0 Å². The second-order valence-electron chi connectivity index (χ2n) is 13.7. The third kappa shape index (κ3) is 12.8. The van der Waals surface area contributed by atoms with Gasteiger partial charge in [0.2, 0.25) is 11.8 Å². The number of aliphatic hydroxyl groups is 1. The minimum atomic E-state index is -1.36. The van der Waals surface area contributed by atoms with Crippen LogP contribution in [0.3, 0.4) is 0 Å². The first-order valence-electron chi connectivity index (χ1n) is 14.6. The van der Waals surface area contributed by atoms with E-state index in [-0.39, 0.29) is 30.7 Å². The molecular formula is C29H51N5O7. The number of aliphatic imine (C=N–C) groups is 1. The van der Waals surface area contributed by atoms with Gasteiger partial charge in [0, 0.05) is 6.42 Å². The molecule has 2 rings (SSSR count). The summed E-state index contributed by atoms with van der Waals surface area (Å²) in [4.78, 5) is 55.0. The molecule has 5 unspecified atom stereocenters. The zero-order valence-electron chi connectivity index (χ0n) is 25.9. The summed E-state index contributed by atoms with van der Waals surface area (Å²) in [5.41, 5.74) is 3.79. The summed E-state index contributed by atoms with van der Waals surface area (Å²) in [5, 5.41) is 19.8. The number of hydrogen-bond acceptors (Lipinski definition) is 9. The Morgan fingerprint density at radius 1 is 1.02 bits per heavy atom. The standard InChI is InChI=1S/C29H51N5O7/c1-16(2)13-21(34-27(39)41-29(6,7)8)24(36)33-22(14-17-11-12-31-20-15-18(17)20)25(37)32-19(9-10-23(30)35)26(38)40-28(3,4)5/h12,16-22,25,32,37H,9-11,13-15H2,1-8H3,(H2,30,35)(H,33,36)(H,34,39)/t17?,18?,19?,20?,21-,22-,25?/m0/s1. The fourth-order valence-electron chi connectivity index (χ4n) is 4.94. The van der Waals surface area contributed by atoms with Crippen molar-refractivity contribution in [3.8, 4) is 0 Å². The number of nitrogens with one attached hydrogen (secondary N) is 3. The minimum absolute atomic E-state index is 0.0128. The molecule has 3 amide bonds. The number of primary amides is 1. The molecule has 234 valence electrons. The van der Waals surface area contributed by atoms with E-state index in [0.29, 0.717) is 25.2 Å². The van der Waals surface area contributed by atoms with E-state index >= 15 is 0 Å².